The minimum atomic E-state index is -0.532. The number of para-hydroxylation sites is 1. The van der Waals surface area contributed by atoms with Crippen LogP contribution < -0.4 is 14.8 Å². The summed E-state index contributed by atoms with van der Waals surface area (Å²) in [5.41, 5.74) is 2.31. The van der Waals surface area contributed by atoms with Crippen molar-refractivity contribution in [1.29, 1.82) is 0 Å². The quantitative estimate of drug-likeness (QED) is 0.624. The fourth-order valence-corrected chi connectivity index (χ4v) is 4.27. The van der Waals surface area contributed by atoms with Gasteiger partial charge >= 0.3 is 0 Å². The van der Waals surface area contributed by atoms with Crippen LogP contribution in [0, 0.1) is 0 Å². The minimum absolute atomic E-state index is 0.0584. The molecule has 1 unspecified atom stereocenters. The predicted molar refractivity (Wildman–Crippen MR) is 114 cm³/mol. The molecule has 8 heteroatoms. The average molecular weight is 423 g/mol. The lowest BCUT2D eigenvalue weighted by atomic mass is 9.99. The first kappa shape index (κ1) is 19.9. The van der Waals surface area contributed by atoms with Crippen molar-refractivity contribution in [2.24, 2.45) is 0 Å². The van der Waals surface area contributed by atoms with Crippen LogP contribution in [0.15, 0.2) is 54.0 Å². The summed E-state index contributed by atoms with van der Waals surface area (Å²) in [6.45, 7) is 0.421. The molecule has 2 aromatic carbocycles. The van der Waals surface area contributed by atoms with E-state index in [9.17, 15) is 9.59 Å². The monoisotopic (exact) mass is 423 g/mol. The average Bonchev–Trinajstić information content (AvgIpc) is 3.39. The second-order valence-electron chi connectivity index (χ2n) is 6.78. The van der Waals surface area contributed by atoms with E-state index in [2.05, 4.69) is 10.3 Å². The Hall–Kier alpha value is -3.39. The predicted octanol–water partition coefficient (Wildman–Crippen LogP) is 3.89. The van der Waals surface area contributed by atoms with Gasteiger partial charge in [-0.1, -0.05) is 30.3 Å². The highest BCUT2D eigenvalue weighted by Gasteiger charge is 2.36. The number of aromatic nitrogens is 1. The lowest BCUT2D eigenvalue weighted by molar-refractivity contribution is -0.117. The zero-order chi connectivity index (χ0) is 21.1. The molecule has 0 spiro atoms. The number of benzene rings is 2. The smallest absolute Gasteiger partial charge is 0.255 e. The number of amides is 2. The van der Waals surface area contributed by atoms with Gasteiger partial charge in [-0.15, -0.1) is 11.3 Å². The molecule has 3 aromatic rings. The number of carbonyl (C=O) groups excluding carboxylic acids is 2. The van der Waals surface area contributed by atoms with E-state index in [1.54, 1.807) is 36.8 Å². The first-order valence-electron chi connectivity index (χ1n) is 9.41. The zero-order valence-electron chi connectivity index (χ0n) is 16.6. The molecule has 0 bridgehead atoms. The Labute approximate surface area is 178 Å². The molecule has 0 saturated heterocycles. The van der Waals surface area contributed by atoms with Crippen LogP contribution >= 0.6 is 11.3 Å². The topological polar surface area (TPSA) is 80.8 Å². The van der Waals surface area contributed by atoms with Crippen molar-refractivity contribution in [3.8, 4) is 11.5 Å². The Bertz CT molecular complexity index is 1070. The van der Waals surface area contributed by atoms with Crippen LogP contribution in [0.1, 0.15) is 33.9 Å². The number of ether oxygens (including phenoxy) is 2. The summed E-state index contributed by atoms with van der Waals surface area (Å²) in [5.74, 6) is 0.714. The van der Waals surface area contributed by atoms with Crippen LogP contribution in [0.3, 0.4) is 0 Å². The Morgan fingerprint density at radius 2 is 2.03 bits per heavy atom. The molecule has 2 amide bonds. The van der Waals surface area contributed by atoms with E-state index in [4.69, 9.17) is 9.47 Å². The van der Waals surface area contributed by atoms with E-state index >= 15 is 0 Å². The van der Waals surface area contributed by atoms with Gasteiger partial charge in [0, 0.05) is 29.2 Å². The molecule has 1 aliphatic heterocycles. The number of nitrogens with one attached hydrogen (secondary N) is 1. The van der Waals surface area contributed by atoms with E-state index < -0.39 is 6.04 Å². The Morgan fingerprint density at radius 3 is 2.73 bits per heavy atom. The van der Waals surface area contributed by atoms with Crippen molar-refractivity contribution in [2.45, 2.75) is 19.0 Å². The Morgan fingerprint density at radius 1 is 1.20 bits per heavy atom. The van der Waals surface area contributed by atoms with Crippen LogP contribution in [0.2, 0.25) is 0 Å². The van der Waals surface area contributed by atoms with E-state index in [0.29, 0.717) is 34.3 Å². The Balaban J connectivity index is 1.71. The number of nitrogens with zero attached hydrogens (tertiary/aromatic N) is 2. The molecule has 1 aliphatic rings. The molecule has 30 heavy (non-hydrogen) atoms. The maximum Gasteiger partial charge on any atom is 0.255 e. The van der Waals surface area contributed by atoms with Gasteiger partial charge in [-0.25, -0.2) is 4.98 Å². The van der Waals surface area contributed by atoms with Gasteiger partial charge in [-0.3, -0.25) is 9.59 Å². The number of thiazole rings is 1. The molecule has 1 atom stereocenters. The van der Waals surface area contributed by atoms with Gasteiger partial charge in [0.15, 0.2) is 16.6 Å². The summed E-state index contributed by atoms with van der Waals surface area (Å²) in [5, 5.41) is 5.12. The SMILES string of the molecule is COc1cccc(C(CC(=O)Nc2nccs2)N2Cc3ccccc3C2=O)c1OC. The standard InChI is InChI=1S/C22H21N3O4S/c1-28-18-9-5-8-16(20(18)29-2)17(12-19(26)24-22-23-10-11-30-22)25-13-14-6-3-4-7-15(14)21(25)27/h3-11,17H,12-13H2,1-2H3,(H,23,24,26). The molecule has 0 saturated carbocycles. The number of carbonyl (C=O) groups is 2. The minimum Gasteiger partial charge on any atom is -0.493 e. The highest BCUT2D eigenvalue weighted by molar-refractivity contribution is 7.13. The van der Waals surface area contributed by atoms with Crippen LogP contribution in [-0.4, -0.2) is 35.9 Å². The molecule has 7 nitrogen and oxygen atoms in total. The molecule has 0 fully saturated rings. The second-order valence-corrected chi connectivity index (χ2v) is 7.67. The van der Waals surface area contributed by atoms with Gasteiger partial charge in [0.1, 0.15) is 0 Å². The van der Waals surface area contributed by atoms with Crippen LogP contribution in [0.5, 0.6) is 11.5 Å². The van der Waals surface area contributed by atoms with E-state index in [1.165, 1.54) is 11.3 Å². The lowest BCUT2D eigenvalue weighted by Gasteiger charge is -2.29. The van der Waals surface area contributed by atoms with Gasteiger partial charge in [-0.2, -0.15) is 0 Å². The van der Waals surface area contributed by atoms with Gasteiger partial charge in [0.25, 0.3) is 5.91 Å². The molecule has 1 N–H and O–H groups in total. The van der Waals surface area contributed by atoms with Crippen LogP contribution in [0.4, 0.5) is 5.13 Å². The van der Waals surface area contributed by atoms with Crippen molar-refractivity contribution >= 4 is 28.3 Å². The molecule has 2 heterocycles. The van der Waals surface area contributed by atoms with E-state index in [0.717, 1.165) is 5.56 Å². The van der Waals surface area contributed by atoms with Crippen molar-refractivity contribution in [3.05, 3.63) is 70.7 Å². The maximum absolute atomic E-state index is 13.2. The van der Waals surface area contributed by atoms with E-state index in [-0.39, 0.29) is 18.2 Å². The highest BCUT2D eigenvalue weighted by atomic mass is 32.1. The van der Waals surface area contributed by atoms with Crippen molar-refractivity contribution < 1.29 is 19.1 Å². The van der Waals surface area contributed by atoms with Crippen LogP contribution in [0.25, 0.3) is 0 Å². The molecule has 0 aliphatic carbocycles. The lowest BCUT2D eigenvalue weighted by Crippen LogP contribution is -2.32. The summed E-state index contributed by atoms with van der Waals surface area (Å²) in [6.07, 6.45) is 1.69. The summed E-state index contributed by atoms with van der Waals surface area (Å²) in [4.78, 5) is 31.8. The summed E-state index contributed by atoms with van der Waals surface area (Å²) < 4.78 is 11.0. The third-order valence-corrected chi connectivity index (χ3v) is 5.76. The van der Waals surface area contributed by atoms with E-state index in [1.807, 2.05) is 36.4 Å². The Kier molecular flexibility index (Phi) is 5.67. The van der Waals surface area contributed by atoms with Gasteiger partial charge in [0.05, 0.1) is 26.7 Å². The molecule has 154 valence electrons. The summed E-state index contributed by atoms with van der Waals surface area (Å²) in [6, 6.07) is 12.4. The number of rotatable bonds is 7. The molecule has 0 radical (unpaired) electrons. The van der Waals surface area contributed by atoms with Crippen molar-refractivity contribution in [3.63, 3.8) is 0 Å². The fourth-order valence-electron chi connectivity index (χ4n) is 3.72. The van der Waals surface area contributed by atoms with Crippen molar-refractivity contribution in [1.82, 2.24) is 9.88 Å². The maximum atomic E-state index is 13.2. The number of fused-ring (bicyclic) bond motifs is 1. The number of hydrogen-bond donors (Lipinski definition) is 1. The molecule has 1 aromatic heterocycles. The number of anilines is 1. The largest absolute Gasteiger partial charge is 0.493 e. The van der Waals surface area contributed by atoms with Gasteiger partial charge in [-0.05, 0) is 17.7 Å². The first-order valence-corrected chi connectivity index (χ1v) is 10.3. The summed E-state index contributed by atoms with van der Waals surface area (Å²) >= 11 is 1.34. The first-order chi connectivity index (χ1) is 14.6. The third kappa shape index (κ3) is 3.73. The van der Waals surface area contributed by atoms with Gasteiger partial charge < -0.3 is 19.7 Å². The van der Waals surface area contributed by atoms with Gasteiger partial charge in [0.2, 0.25) is 5.91 Å². The third-order valence-electron chi connectivity index (χ3n) is 5.08. The van der Waals surface area contributed by atoms with Crippen molar-refractivity contribution in [2.75, 3.05) is 19.5 Å². The number of hydrogen-bond acceptors (Lipinski definition) is 6. The molecular weight excluding hydrogens is 402 g/mol. The highest BCUT2D eigenvalue weighted by Crippen LogP contribution is 2.41. The zero-order valence-corrected chi connectivity index (χ0v) is 17.4. The molecular formula is C22H21N3O4S. The molecule has 4 rings (SSSR count). The fraction of sp³-hybridized carbons (Fsp3) is 0.227. The summed E-state index contributed by atoms with van der Waals surface area (Å²) in [7, 11) is 3.11. The number of methoxy groups -OCH3 is 2. The normalized spacial score (nSPS) is 13.7. The van der Waals surface area contributed by atoms with Crippen LogP contribution in [-0.2, 0) is 11.3 Å². The second kappa shape index (κ2) is 8.54.